The van der Waals surface area contributed by atoms with E-state index in [0.717, 1.165) is 18.6 Å². The molecule has 0 radical (unpaired) electrons. The molecule has 4 nitrogen and oxygen atoms in total. The summed E-state index contributed by atoms with van der Waals surface area (Å²) in [4.78, 5) is 0.0762. The standard InChI is InChI=1S/C13H20FNO3S/c1-11(2)18-10-4-3-9-15-19(16,17)13-7-5-12(14)6-8-13/h5-8,11,15H,3-4,9-10H2,1-2H3. The molecule has 6 heteroatoms. The van der Waals surface area contributed by atoms with Gasteiger partial charge < -0.3 is 4.74 Å². The predicted molar refractivity (Wildman–Crippen MR) is 71.9 cm³/mol. The first-order valence-electron chi connectivity index (χ1n) is 6.28. The van der Waals surface area contributed by atoms with Gasteiger partial charge in [0.05, 0.1) is 11.0 Å². The lowest BCUT2D eigenvalue weighted by Gasteiger charge is -2.08. The summed E-state index contributed by atoms with van der Waals surface area (Å²) in [6.07, 6.45) is 1.69. The average molecular weight is 289 g/mol. The quantitative estimate of drug-likeness (QED) is 0.747. The molecule has 0 aliphatic carbocycles. The van der Waals surface area contributed by atoms with Gasteiger partial charge in [0.1, 0.15) is 5.82 Å². The minimum Gasteiger partial charge on any atom is -0.379 e. The summed E-state index contributed by atoms with van der Waals surface area (Å²) in [5, 5.41) is 0. The van der Waals surface area contributed by atoms with Gasteiger partial charge in [0.25, 0.3) is 0 Å². The SMILES string of the molecule is CC(C)OCCCCNS(=O)(=O)c1ccc(F)cc1. The summed E-state index contributed by atoms with van der Waals surface area (Å²) < 4.78 is 44.2. The number of nitrogens with one attached hydrogen (secondary N) is 1. The average Bonchev–Trinajstić information content (AvgIpc) is 2.34. The van der Waals surface area contributed by atoms with Gasteiger partial charge >= 0.3 is 0 Å². The topological polar surface area (TPSA) is 55.4 Å². The van der Waals surface area contributed by atoms with Crippen molar-refractivity contribution in [2.75, 3.05) is 13.2 Å². The predicted octanol–water partition coefficient (Wildman–Crippen LogP) is 2.31. The molecule has 0 bridgehead atoms. The molecule has 0 amide bonds. The Labute approximate surface area is 114 Å². The van der Waals surface area contributed by atoms with Crippen LogP contribution in [0.5, 0.6) is 0 Å². The lowest BCUT2D eigenvalue weighted by Crippen LogP contribution is -2.25. The van der Waals surface area contributed by atoms with Gasteiger partial charge in [0, 0.05) is 13.2 Å². The number of halogens is 1. The molecular formula is C13H20FNO3S. The number of ether oxygens (including phenoxy) is 1. The lowest BCUT2D eigenvalue weighted by molar-refractivity contribution is 0.0762. The normalized spacial score (nSPS) is 12.0. The van der Waals surface area contributed by atoms with E-state index >= 15 is 0 Å². The van der Waals surface area contributed by atoms with E-state index in [2.05, 4.69) is 4.72 Å². The van der Waals surface area contributed by atoms with Crippen molar-refractivity contribution >= 4 is 10.0 Å². The Bertz CT molecular complexity index is 471. The fourth-order valence-electron chi connectivity index (χ4n) is 1.45. The minimum atomic E-state index is -3.54. The van der Waals surface area contributed by atoms with Crippen LogP contribution in [0, 0.1) is 5.82 Å². The van der Waals surface area contributed by atoms with Gasteiger partial charge in [-0.05, 0) is 51.0 Å². The van der Waals surface area contributed by atoms with Gasteiger partial charge in [-0.15, -0.1) is 0 Å². The summed E-state index contributed by atoms with van der Waals surface area (Å²) in [6, 6.07) is 4.76. The number of benzene rings is 1. The zero-order valence-electron chi connectivity index (χ0n) is 11.2. The maximum absolute atomic E-state index is 12.7. The molecule has 0 fully saturated rings. The third-order valence-electron chi connectivity index (χ3n) is 2.44. The second kappa shape index (κ2) is 7.57. The number of unbranched alkanes of at least 4 members (excludes halogenated alkanes) is 1. The lowest BCUT2D eigenvalue weighted by atomic mass is 10.3. The highest BCUT2D eigenvalue weighted by molar-refractivity contribution is 7.89. The molecule has 1 N–H and O–H groups in total. The van der Waals surface area contributed by atoms with Crippen molar-refractivity contribution in [1.82, 2.24) is 4.72 Å². The van der Waals surface area contributed by atoms with Crippen LogP contribution in [0.15, 0.2) is 29.2 Å². The molecule has 0 atom stereocenters. The number of rotatable bonds is 8. The molecule has 1 aromatic carbocycles. The van der Waals surface area contributed by atoms with Gasteiger partial charge in [-0.1, -0.05) is 0 Å². The van der Waals surface area contributed by atoms with Crippen LogP contribution in [-0.4, -0.2) is 27.7 Å². The van der Waals surface area contributed by atoms with E-state index in [0.29, 0.717) is 19.6 Å². The second-order valence-corrected chi connectivity index (χ2v) is 6.25. The molecular weight excluding hydrogens is 269 g/mol. The minimum absolute atomic E-state index is 0.0762. The van der Waals surface area contributed by atoms with Crippen molar-refractivity contribution in [1.29, 1.82) is 0 Å². The van der Waals surface area contributed by atoms with E-state index in [4.69, 9.17) is 4.74 Å². The third kappa shape index (κ3) is 6.13. The van der Waals surface area contributed by atoms with Crippen LogP contribution in [0.25, 0.3) is 0 Å². The number of hydrogen-bond acceptors (Lipinski definition) is 3. The fraction of sp³-hybridized carbons (Fsp3) is 0.538. The van der Waals surface area contributed by atoms with Crippen molar-refractivity contribution in [3.63, 3.8) is 0 Å². The van der Waals surface area contributed by atoms with Gasteiger partial charge in [-0.2, -0.15) is 0 Å². The van der Waals surface area contributed by atoms with E-state index in [1.54, 1.807) is 0 Å². The van der Waals surface area contributed by atoms with Crippen LogP contribution < -0.4 is 4.72 Å². The van der Waals surface area contributed by atoms with Crippen LogP contribution in [0.1, 0.15) is 26.7 Å². The molecule has 0 heterocycles. The van der Waals surface area contributed by atoms with Crippen LogP contribution >= 0.6 is 0 Å². The van der Waals surface area contributed by atoms with Gasteiger partial charge in [-0.25, -0.2) is 17.5 Å². The Kier molecular flexibility index (Phi) is 6.41. The molecule has 0 saturated heterocycles. The summed E-state index contributed by atoms with van der Waals surface area (Å²) >= 11 is 0. The maximum Gasteiger partial charge on any atom is 0.240 e. The van der Waals surface area contributed by atoms with Crippen molar-refractivity contribution < 1.29 is 17.5 Å². The highest BCUT2D eigenvalue weighted by Crippen LogP contribution is 2.09. The Morgan fingerprint density at radius 3 is 2.42 bits per heavy atom. The Hall–Kier alpha value is -0.980. The maximum atomic E-state index is 12.7. The van der Waals surface area contributed by atoms with Crippen LogP contribution in [0.3, 0.4) is 0 Å². The first-order valence-corrected chi connectivity index (χ1v) is 7.77. The molecule has 0 unspecified atom stereocenters. The van der Waals surface area contributed by atoms with E-state index in [1.165, 1.54) is 12.1 Å². The monoisotopic (exact) mass is 289 g/mol. The molecule has 0 spiro atoms. The van der Waals surface area contributed by atoms with E-state index in [1.807, 2.05) is 13.8 Å². The molecule has 0 aliphatic heterocycles. The highest BCUT2D eigenvalue weighted by Gasteiger charge is 2.12. The first kappa shape index (κ1) is 16.1. The highest BCUT2D eigenvalue weighted by atomic mass is 32.2. The van der Waals surface area contributed by atoms with Crippen LogP contribution in [-0.2, 0) is 14.8 Å². The Balaban J connectivity index is 2.33. The van der Waals surface area contributed by atoms with Gasteiger partial charge in [0.2, 0.25) is 10.0 Å². The van der Waals surface area contributed by atoms with Crippen molar-refractivity contribution in [3.8, 4) is 0 Å². The number of hydrogen-bond donors (Lipinski definition) is 1. The van der Waals surface area contributed by atoms with Crippen LogP contribution in [0.2, 0.25) is 0 Å². The molecule has 108 valence electrons. The Morgan fingerprint density at radius 1 is 1.21 bits per heavy atom. The second-order valence-electron chi connectivity index (χ2n) is 4.48. The molecule has 0 aromatic heterocycles. The summed E-state index contributed by atoms with van der Waals surface area (Å²) in [5.41, 5.74) is 0. The van der Waals surface area contributed by atoms with Gasteiger partial charge in [-0.3, -0.25) is 0 Å². The Morgan fingerprint density at radius 2 is 1.84 bits per heavy atom. The molecule has 1 aromatic rings. The van der Waals surface area contributed by atoms with E-state index in [9.17, 15) is 12.8 Å². The number of sulfonamides is 1. The summed E-state index contributed by atoms with van der Waals surface area (Å²) in [5.74, 6) is -0.454. The van der Waals surface area contributed by atoms with Crippen molar-refractivity contribution in [2.24, 2.45) is 0 Å². The molecule has 0 saturated carbocycles. The summed E-state index contributed by atoms with van der Waals surface area (Å²) in [6.45, 7) is 4.88. The third-order valence-corrected chi connectivity index (χ3v) is 3.92. The van der Waals surface area contributed by atoms with Crippen molar-refractivity contribution in [2.45, 2.75) is 37.7 Å². The van der Waals surface area contributed by atoms with Crippen LogP contribution in [0.4, 0.5) is 4.39 Å². The van der Waals surface area contributed by atoms with Gasteiger partial charge in [0.15, 0.2) is 0 Å². The molecule has 19 heavy (non-hydrogen) atoms. The van der Waals surface area contributed by atoms with E-state index < -0.39 is 15.8 Å². The zero-order valence-corrected chi connectivity index (χ0v) is 12.0. The molecule has 1 rings (SSSR count). The largest absolute Gasteiger partial charge is 0.379 e. The van der Waals surface area contributed by atoms with E-state index in [-0.39, 0.29) is 11.0 Å². The molecule has 0 aliphatic rings. The zero-order chi connectivity index (χ0) is 14.3. The smallest absolute Gasteiger partial charge is 0.240 e. The first-order chi connectivity index (χ1) is 8.92. The van der Waals surface area contributed by atoms with Crippen molar-refractivity contribution in [3.05, 3.63) is 30.1 Å². The fourth-order valence-corrected chi connectivity index (χ4v) is 2.52. The summed E-state index contributed by atoms with van der Waals surface area (Å²) in [7, 11) is -3.54.